The molecule has 0 aliphatic heterocycles. The highest BCUT2D eigenvalue weighted by Gasteiger charge is 2.13. The fourth-order valence-electron chi connectivity index (χ4n) is 1.50. The summed E-state index contributed by atoms with van der Waals surface area (Å²) >= 11 is 0. The zero-order valence-electron chi connectivity index (χ0n) is 11.3. The van der Waals surface area contributed by atoms with E-state index in [1.54, 1.807) is 0 Å². The predicted molar refractivity (Wildman–Crippen MR) is 70.6 cm³/mol. The largest absolute Gasteiger partial charge is 0.502 e. The number of hydrogen-bond acceptors (Lipinski definition) is 5. The van der Waals surface area contributed by atoms with Gasteiger partial charge in [0.2, 0.25) is 11.7 Å². The number of rotatable bonds is 5. The lowest BCUT2D eigenvalue weighted by molar-refractivity contribution is -0.134. The van der Waals surface area contributed by atoms with Crippen molar-refractivity contribution in [3.8, 4) is 17.2 Å². The number of nitrogens with one attached hydrogen (secondary N) is 1. The van der Waals surface area contributed by atoms with Crippen molar-refractivity contribution in [2.45, 2.75) is 6.92 Å². The summed E-state index contributed by atoms with van der Waals surface area (Å²) in [7, 11) is 2.71. The maximum absolute atomic E-state index is 11.0. The van der Waals surface area contributed by atoms with Crippen molar-refractivity contribution in [2.24, 2.45) is 0 Å². The first kappa shape index (κ1) is 15.4. The van der Waals surface area contributed by atoms with Crippen molar-refractivity contribution in [1.29, 1.82) is 0 Å². The highest BCUT2D eigenvalue weighted by Crippen LogP contribution is 2.37. The first-order valence-electron chi connectivity index (χ1n) is 5.56. The molecule has 0 atom stereocenters. The molecular weight excluding hydrogens is 266 g/mol. The first-order valence-corrected chi connectivity index (χ1v) is 5.56. The zero-order valence-corrected chi connectivity index (χ0v) is 11.3. The van der Waals surface area contributed by atoms with E-state index in [0.29, 0.717) is 5.56 Å². The lowest BCUT2D eigenvalue weighted by atomic mass is 10.1. The third-order valence-electron chi connectivity index (χ3n) is 2.35. The molecule has 0 aromatic heterocycles. The second-order valence-corrected chi connectivity index (χ2v) is 3.82. The Balaban J connectivity index is 3.30. The summed E-state index contributed by atoms with van der Waals surface area (Å²) in [5.74, 6) is -1.72. The number of phenolic OH excluding ortho intramolecular Hbond substituents is 1. The molecular formula is C13H15NO6. The summed E-state index contributed by atoms with van der Waals surface area (Å²) in [5, 5.41) is 20.9. The topological polar surface area (TPSA) is 105 Å². The van der Waals surface area contributed by atoms with E-state index in [1.807, 2.05) is 0 Å². The van der Waals surface area contributed by atoms with Gasteiger partial charge in [0.1, 0.15) is 5.70 Å². The summed E-state index contributed by atoms with van der Waals surface area (Å²) in [6.45, 7) is 1.20. The van der Waals surface area contributed by atoms with Crippen molar-refractivity contribution >= 4 is 18.0 Å². The highest BCUT2D eigenvalue weighted by atomic mass is 16.5. The summed E-state index contributed by atoms with van der Waals surface area (Å²) in [5.41, 5.74) is 0.0925. The van der Waals surface area contributed by atoms with Crippen molar-refractivity contribution in [3.05, 3.63) is 23.4 Å². The van der Waals surface area contributed by atoms with Crippen LogP contribution < -0.4 is 14.8 Å². The fourth-order valence-corrected chi connectivity index (χ4v) is 1.50. The molecule has 1 rings (SSSR count). The number of carboxylic acids is 1. The Bertz CT molecular complexity index is 539. The molecule has 1 amide bonds. The van der Waals surface area contributed by atoms with Gasteiger partial charge in [0.05, 0.1) is 14.2 Å². The second kappa shape index (κ2) is 6.46. The van der Waals surface area contributed by atoms with Crippen LogP contribution >= 0.6 is 0 Å². The molecule has 0 radical (unpaired) electrons. The average molecular weight is 281 g/mol. The van der Waals surface area contributed by atoms with E-state index in [-0.39, 0.29) is 22.9 Å². The maximum Gasteiger partial charge on any atom is 0.352 e. The molecule has 7 heteroatoms. The number of aliphatic carboxylic acids is 1. The second-order valence-electron chi connectivity index (χ2n) is 3.82. The van der Waals surface area contributed by atoms with E-state index in [0.717, 1.165) is 0 Å². The molecule has 0 spiro atoms. The molecule has 3 N–H and O–H groups in total. The highest BCUT2D eigenvalue weighted by molar-refractivity contribution is 5.96. The average Bonchev–Trinajstić information content (AvgIpc) is 2.38. The minimum Gasteiger partial charge on any atom is -0.502 e. The summed E-state index contributed by atoms with van der Waals surface area (Å²) in [6, 6.07) is 2.84. The molecule has 0 bridgehead atoms. The standard InChI is InChI=1S/C13H15NO6/c1-7(15)14-9(13(17)18)4-8-5-10(19-2)12(16)11(6-8)20-3/h4-6,16H,1-3H3,(H,14,15)(H,17,18). The first-order chi connectivity index (χ1) is 9.38. The predicted octanol–water partition coefficient (Wildman–Crippen LogP) is 0.971. The van der Waals surface area contributed by atoms with E-state index in [2.05, 4.69) is 5.32 Å². The van der Waals surface area contributed by atoms with Crippen LogP contribution in [-0.2, 0) is 9.59 Å². The third-order valence-corrected chi connectivity index (χ3v) is 2.35. The van der Waals surface area contributed by atoms with Gasteiger partial charge in [-0.15, -0.1) is 0 Å². The molecule has 0 saturated heterocycles. The van der Waals surface area contributed by atoms with Crippen LogP contribution in [0.3, 0.4) is 0 Å². The fraction of sp³-hybridized carbons (Fsp3) is 0.231. The van der Waals surface area contributed by atoms with Crippen molar-refractivity contribution in [1.82, 2.24) is 5.32 Å². The van der Waals surface area contributed by atoms with Gasteiger partial charge in [0, 0.05) is 6.92 Å². The van der Waals surface area contributed by atoms with Crippen molar-refractivity contribution < 1.29 is 29.3 Å². The van der Waals surface area contributed by atoms with Crippen LogP contribution in [0, 0.1) is 0 Å². The van der Waals surface area contributed by atoms with Crippen molar-refractivity contribution in [2.75, 3.05) is 14.2 Å². The monoisotopic (exact) mass is 281 g/mol. The maximum atomic E-state index is 11.0. The Hall–Kier alpha value is -2.70. The number of phenols is 1. The number of carboxylic acid groups (broad SMARTS) is 1. The van der Waals surface area contributed by atoms with Gasteiger partial charge in [-0.25, -0.2) is 4.79 Å². The molecule has 1 aromatic carbocycles. The van der Waals surface area contributed by atoms with Gasteiger partial charge in [-0.2, -0.15) is 0 Å². The number of carbonyl (C=O) groups excluding carboxylic acids is 1. The van der Waals surface area contributed by atoms with E-state index in [1.165, 1.54) is 39.4 Å². The van der Waals surface area contributed by atoms with Gasteiger partial charge >= 0.3 is 5.97 Å². The molecule has 0 fully saturated rings. The van der Waals surface area contributed by atoms with Crippen LogP contribution in [0.1, 0.15) is 12.5 Å². The number of aromatic hydroxyl groups is 1. The zero-order chi connectivity index (χ0) is 15.3. The Morgan fingerprint density at radius 3 is 2.05 bits per heavy atom. The molecule has 0 aliphatic rings. The molecule has 1 aromatic rings. The van der Waals surface area contributed by atoms with Gasteiger partial charge in [-0.05, 0) is 23.8 Å². The van der Waals surface area contributed by atoms with Gasteiger partial charge in [-0.3, -0.25) is 4.79 Å². The van der Waals surface area contributed by atoms with Crippen LogP contribution in [-0.4, -0.2) is 36.3 Å². The number of carbonyl (C=O) groups is 2. The van der Waals surface area contributed by atoms with Gasteiger partial charge < -0.3 is 25.0 Å². The van der Waals surface area contributed by atoms with E-state index < -0.39 is 11.9 Å². The smallest absolute Gasteiger partial charge is 0.352 e. The Kier molecular flexibility index (Phi) is 4.96. The van der Waals surface area contributed by atoms with Crippen LogP contribution in [0.5, 0.6) is 17.2 Å². The number of hydrogen-bond donors (Lipinski definition) is 3. The van der Waals surface area contributed by atoms with Gasteiger partial charge in [0.25, 0.3) is 0 Å². The van der Waals surface area contributed by atoms with Gasteiger partial charge in [-0.1, -0.05) is 0 Å². The minimum absolute atomic E-state index is 0.128. The molecule has 0 saturated carbocycles. The lowest BCUT2D eigenvalue weighted by Crippen LogP contribution is -2.24. The number of amides is 1. The van der Waals surface area contributed by atoms with Crippen LogP contribution in [0.4, 0.5) is 0 Å². The third kappa shape index (κ3) is 3.64. The van der Waals surface area contributed by atoms with E-state index in [9.17, 15) is 14.7 Å². The normalized spacial score (nSPS) is 10.8. The Morgan fingerprint density at radius 1 is 1.20 bits per heavy atom. The van der Waals surface area contributed by atoms with Crippen LogP contribution in [0.25, 0.3) is 6.08 Å². The van der Waals surface area contributed by atoms with Crippen molar-refractivity contribution in [3.63, 3.8) is 0 Å². The number of methoxy groups -OCH3 is 2. The summed E-state index contributed by atoms with van der Waals surface area (Å²) < 4.78 is 9.91. The van der Waals surface area contributed by atoms with Crippen LogP contribution in [0.15, 0.2) is 17.8 Å². The number of benzene rings is 1. The summed E-state index contributed by atoms with van der Waals surface area (Å²) in [6.07, 6.45) is 1.23. The van der Waals surface area contributed by atoms with E-state index in [4.69, 9.17) is 14.6 Å². The summed E-state index contributed by atoms with van der Waals surface area (Å²) in [4.78, 5) is 22.0. The van der Waals surface area contributed by atoms with E-state index >= 15 is 0 Å². The molecule has 0 unspecified atom stereocenters. The number of ether oxygens (including phenoxy) is 2. The van der Waals surface area contributed by atoms with Crippen LogP contribution in [0.2, 0.25) is 0 Å². The molecule has 0 aliphatic carbocycles. The minimum atomic E-state index is -1.29. The Labute approximate surface area is 115 Å². The Morgan fingerprint density at radius 2 is 1.70 bits per heavy atom. The lowest BCUT2D eigenvalue weighted by Gasteiger charge is -2.10. The molecule has 0 heterocycles. The van der Waals surface area contributed by atoms with Gasteiger partial charge in [0.15, 0.2) is 11.5 Å². The molecule has 20 heavy (non-hydrogen) atoms. The quantitative estimate of drug-likeness (QED) is 0.695. The molecule has 108 valence electrons. The molecule has 7 nitrogen and oxygen atoms in total. The SMILES string of the molecule is COc1cc(C=C(NC(C)=O)C(=O)O)cc(OC)c1O.